The minimum absolute atomic E-state index is 0.137. The topological polar surface area (TPSA) is 51.1 Å². The lowest BCUT2D eigenvalue weighted by molar-refractivity contribution is -0.114. The van der Waals surface area contributed by atoms with Crippen molar-refractivity contribution in [2.75, 3.05) is 18.7 Å². The molecule has 3 rings (SSSR count). The molecule has 2 aromatic carbocycles. The van der Waals surface area contributed by atoms with Crippen molar-refractivity contribution >= 4 is 46.0 Å². The number of hydrogen-bond acceptors (Lipinski definition) is 4. The second-order valence-electron chi connectivity index (χ2n) is 6.17. The number of aryl methyl sites for hydroxylation is 1. The number of rotatable bonds is 5. The summed E-state index contributed by atoms with van der Waals surface area (Å²) in [4.78, 5) is 12.9. The maximum Gasteiger partial charge on any atom is 0.280 e. The van der Waals surface area contributed by atoms with Gasteiger partial charge in [0.25, 0.3) is 5.91 Å². The fourth-order valence-corrected chi connectivity index (χ4v) is 3.76. The summed E-state index contributed by atoms with van der Waals surface area (Å²) in [5.41, 5.74) is 3.97. The number of carbonyl (C=O) groups excluding carboxylic acids is 1. The molecule has 0 saturated heterocycles. The van der Waals surface area contributed by atoms with Gasteiger partial charge in [0.05, 0.1) is 34.3 Å². The zero-order valence-electron chi connectivity index (χ0n) is 15.7. The molecule has 0 N–H and O–H groups in total. The van der Waals surface area contributed by atoms with Crippen molar-refractivity contribution in [3.05, 3.63) is 56.7 Å². The number of anilines is 1. The number of hydrogen-bond donors (Lipinski definition) is 0. The van der Waals surface area contributed by atoms with Gasteiger partial charge in [-0.15, -0.1) is 0 Å². The van der Waals surface area contributed by atoms with Crippen molar-refractivity contribution in [2.24, 2.45) is 5.10 Å². The molecule has 0 aromatic heterocycles. The molecule has 0 spiro atoms. The number of amides is 1. The number of nitrogens with zero attached hydrogens (tertiary/aromatic N) is 2. The smallest absolute Gasteiger partial charge is 0.280 e. The molecule has 2 aromatic rings. The van der Waals surface area contributed by atoms with Gasteiger partial charge in [-0.1, -0.05) is 12.1 Å². The number of ether oxygens (including phenoxy) is 2. The highest BCUT2D eigenvalue weighted by Gasteiger charge is 2.28. The molecule has 140 valence electrons. The summed E-state index contributed by atoms with van der Waals surface area (Å²) in [5.74, 6) is 1.22. The van der Waals surface area contributed by atoms with Crippen LogP contribution in [0.3, 0.4) is 0 Å². The number of carbonyl (C=O) groups is 1. The van der Waals surface area contributed by atoms with Gasteiger partial charge in [0.1, 0.15) is 0 Å². The van der Waals surface area contributed by atoms with E-state index in [1.807, 2.05) is 63.2 Å². The summed E-state index contributed by atoms with van der Waals surface area (Å²) < 4.78 is 12.0. The zero-order valence-corrected chi connectivity index (χ0v) is 17.9. The Morgan fingerprint density at radius 2 is 2.00 bits per heavy atom. The Balaban J connectivity index is 1.98. The highest BCUT2D eigenvalue weighted by atomic mass is 127. The van der Waals surface area contributed by atoms with Gasteiger partial charge in [-0.3, -0.25) is 4.79 Å². The molecule has 1 aliphatic rings. The van der Waals surface area contributed by atoms with E-state index < -0.39 is 0 Å². The van der Waals surface area contributed by atoms with E-state index >= 15 is 0 Å². The molecule has 0 bridgehead atoms. The lowest BCUT2D eigenvalue weighted by Crippen LogP contribution is -2.21. The number of methoxy groups -OCH3 is 1. The van der Waals surface area contributed by atoms with Gasteiger partial charge in [0.15, 0.2) is 11.5 Å². The Morgan fingerprint density at radius 1 is 1.22 bits per heavy atom. The SMILES string of the molecule is CCOc1cc(/C=C2/C(=O)N(c3cccc(C)c3)N=C2C)cc(I)c1OC. The average Bonchev–Trinajstić information content (AvgIpc) is 2.90. The molecule has 0 saturated carbocycles. The Kier molecular flexibility index (Phi) is 5.84. The molecule has 1 amide bonds. The second kappa shape index (κ2) is 8.12. The molecule has 1 aliphatic heterocycles. The molecule has 0 unspecified atom stereocenters. The largest absolute Gasteiger partial charge is 0.492 e. The van der Waals surface area contributed by atoms with Crippen molar-refractivity contribution in [1.29, 1.82) is 0 Å². The fourth-order valence-electron chi connectivity index (χ4n) is 2.92. The molecule has 1 heterocycles. The summed E-state index contributed by atoms with van der Waals surface area (Å²) in [6, 6.07) is 11.6. The first-order chi connectivity index (χ1) is 12.9. The summed E-state index contributed by atoms with van der Waals surface area (Å²) in [5, 5.41) is 5.90. The van der Waals surface area contributed by atoms with Crippen LogP contribution in [0, 0.1) is 10.5 Å². The molecule has 27 heavy (non-hydrogen) atoms. The van der Waals surface area contributed by atoms with Crippen LogP contribution in [0.25, 0.3) is 6.08 Å². The minimum atomic E-state index is -0.137. The molecule has 0 atom stereocenters. The van der Waals surface area contributed by atoms with Gasteiger partial charge >= 0.3 is 0 Å². The van der Waals surface area contributed by atoms with E-state index in [4.69, 9.17) is 9.47 Å². The van der Waals surface area contributed by atoms with Gasteiger partial charge in [-0.05, 0) is 84.8 Å². The predicted molar refractivity (Wildman–Crippen MR) is 117 cm³/mol. The number of benzene rings is 2. The Bertz CT molecular complexity index is 950. The minimum Gasteiger partial charge on any atom is -0.492 e. The molecule has 0 fully saturated rings. The highest BCUT2D eigenvalue weighted by Crippen LogP contribution is 2.35. The summed E-state index contributed by atoms with van der Waals surface area (Å²) >= 11 is 2.21. The van der Waals surface area contributed by atoms with Crippen molar-refractivity contribution in [3.8, 4) is 11.5 Å². The quantitative estimate of drug-likeness (QED) is 0.460. The Labute approximate surface area is 172 Å². The van der Waals surface area contributed by atoms with E-state index in [1.54, 1.807) is 7.11 Å². The first-order valence-electron chi connectivity index (χ1n) is 8.63. The van der Waals surface area contributed by atoms with Crippen LogP contribution in [0.1, 0.15) is 25.0 Å². The Morgan fingerprint density at radius 3 is 2.67 bits per heavy atom. The van der Waals surface area contributed by atoms with Crippen molar-refractivity contribution in [3.63, 3.8) is 0 Å². The molecule has 5 nitrogen and oxygen atoms in total. The molecular formula is C21H21IN2O3. The lowest BCUT2D eigenvalue weighted by Gasteiger charge is -2.13. The van der Waals surface area contributed by atoms with Crippen LogP contribution in [0.2, 0.25) is 0 Å². The first kappa shape index (κ1) is 19.4. The van der Waals surface area contributed by atoms with Crippen LogP contribution in [0.4, 0.5) is 5.69 Å². The number of hydrazone groups is 1. The monoisotopic (exact) mass is 476 g/mol. The summed E-state index contributed by atoms with van der Waals surface area (Å²) in [6.45, 7) is 6.30. The molecule has 0 radical (unpaired) electrons. The lowest BCUT2D eigenvalue weighted by atomic mass is 10.1. The third-order valence-corrected chi connectivity index (χ3v) is 4.96. The van der Waals surface area contributed by atoms with Crippen LogP contribution in [-0.2, 0) is 4.79 Å². The van der Waals surface area contributed by atoms with Gasteiger partial charge in [0, 0.05) is 0 Å². The van der Waals surface area contributed by atoms with E-state index in [9.17, 15) is 4.79 Å². The average molecular weight is 476 g/mol. The van der Waals surface area contributed by atoms with Crippen molar-refractivity contribution < 1.29 is 14.3 Å². The maximum atomic E-state index is 12.9. The standard InChI is InChI=1S/C21H21IN2O3/c1-5-27-19-12-15(11-18(22)20(19)26-4)10-17-14(3)23-24(21(17)25)16-8-6-7-13(2)9-16/h6-12H,5H2,1-4H3/b17-10+. The van der Waals surface area contributed by atoms with Crippen LogP contribution >= 0.6 is 22.6 Å². The summed E-state index contributed by atoms with van der Waals surface area (Å²) in [6.07, 6.45) is 1.85. The molecule has 0 aliphatic carbocycles. The number of halogens is 1. The third-order valence-electron chi connectivity index (χ3n) is 4.16. The van der Waals surface area contributed by atoms with E-state index in [2.05, 4.69) is 27.7 Å². The highest BCUT2D eigenvalue weighted by molar-refractivity contribution is 14.1. The van der Waals surface area contributed by atoms with Crippen LogP contribution in [-0.4, -0.2) is 25.3 Å². The van der Waals surface area contributed by atoms with E-state index in [0.717, 1.165) is 20.4 Å². The van der Waals surface area contributed by atoms with Gasteiger partial charge < -0.3 is 9.47 Å². The van der Waals surface area contributed by atoms with Crippen LogP contribution < -0.4 is 14.5 Å². The third kappa shape index (κ3) is 4.00. The van der Waals surface area contributed by atoms with E-state index in [0.29, 0.717) is 29.4 Å². The predicted octanol–water partition coefficient (Wildman–Crippen LogP) is 4.81. The first-order valence-corrected chi connectivity index (χ1v) is 9.71. The second-order valence-corrected chi connectivity index (χ2v) is 7.33. The van der Waals surface area contributed by atoms with E-state index in [-0.39, 0.29) is 5.91 Å². The van der Waals surface area contributed by atoms with E-state index in [1.165, 1.54) is 5.01 Å². The van der Waals surface area contributed by atoms with Gasteiger partial charge in [-0.25, -0.2) is 0 Å². The van der Waals surface area contributed by atoms with Crippen LogP contribution in [0.15, 0.2) is 47.1 Å². The van der Waals surface area contributed by atoms with Crippen molar-refractivity contribution in [2.45, 2.75) is 20.8 Å². The summed E-state index contributed by atoms with van der Waals surface area (Å²) in [7, 11) is 1.62. The van der Waals surface area contributed by atoms with Gasteiger partial charge in [-0.2, -0.15) is 10.1 Å². The molecular weight excluding hydrogens is 455 g/mol. The fraction of sp³-hybridized carbons (Fsp3) is 0.238. The Hall–Kier alpha value is -2.35. The van der Waals surface area contributed by atoms with Gasteiger partial charge in [0.2, 0.25) is 0 Å². The zero-order chi connectivity index (χ0) is 19.6. The van der Waals surface area contributed by atoms with Crippen molar-refractivity contribution in [1.82, 2.24) is 0 Å². The van der Waals surface area contributed by atoms with Crippen LogP contribution in [0.5, 0.6) is 11.5 Å². The normalized spacial score (nSPS) is 15.3. The molecule has 6 heteroatoms. The maximum absolute atomic E-state index is 12.9.